The first kappa shape index (κ1) is 22.3. The molecule has 0 aromatic heterocycles. The molecule has 2 saturated heterocycles. The molecule has 1 N–H and O–H groups in total. The van der Waals surface area contributed by atoms with Gasteiger partial charge in [0, 0.05) is 22.8 Å². The number of esters is 1. The quantitative estimate of drug-likeness (QED) is 0.667. The van der Waals surface area contributed by atoms with Gasteiger partial charge < -0.3 is 9.64 Å². The van der Waals surface area contributed by atoms with Crippen molar-refractivity contribution < 1.29 is 28.3 Å². The standard InChI is InChI=1S/C22H18ClFN2O5S/c23-15-5-1-13(2-6-15)20(29)25-18(27)11-31-21(30)17-12-32-22(10-9-19(28)26(17)22)14-3-7-16(24)8-4-14/h1-8,17H,9-12H2,(H,25,27,29)/t17-,22+/m0/s1. The van der Waals surface area contributed by atoms with Crippen molar-refractivity contribution in [2.24, 2.45) is 0 Å². The molecule has 32 heavy (non-hydrogen) atoms. The highest BCUT2D eigenvalue weighted by Crippen LogP contribution is 2.54. The van der Waals surface area contributed by atoms with Crippen molar-refractivity contribution in [2.45, 2.75) is 23.8 Å². The molecule has 0 spiro atoms. The fraction of sp³-hybridized carbons (Fsp3) is 0.273. The molecule has 2 aliphatic rings. The van der Waals surface area contributed by atoms with Crippen molar-refractivity contribution in [3.8, 4) is 0 Å². The Labute approximate surface area is 192 Å². The monoisotopic (exact) mass is 476 g/mol. The topological polar surface area (TPSA) is 92.8 Å². The van der Waals surface area contributed by atoms with Crippen molar-refractivity contribution in [1.29, 1.82) is 0 Å². The summed E-state index contributed by atoms with van der Waals surface area (Å²) in [6, 6.07) is 10.9. The summed E-state index contributed by atoms with van der Waals surface area (Å²) in [7, 11) is 0. The van der Waals surface area contributed by atoms with E-state index < -0.39 is 35.3 Å². The number of nitrogens with zero attached hydrogens (tertiary/aromatic N) is 1. The molecule has 2 aromatic carbocycles. The van der Waals surface area contributed by atoms with E-state index in [1.54, 1.807) is 12.1 Å². The number of imide groups is 1. The molecule has 2 atom stereocenters. The number of carbonyl (C=O) groups excluding carboxylic acids is 4. The summed E-state index contributed by atoms with van der Waals surface area (Å²) in [4.78, 5) is 50.1. The number of halogens is 2. The average Bonchev–Trinajstić information content (AvgIpc) is 3.32. The normalized spacial score (nSPS) is 21.9. The average molecular weight is 477 g/mol. The fourth-order valence-corrected chi connectivity index (χ4v) is 5.66. The van der Waals surface area contributed by atoms with E-state index in [4.69, 9.17) is 16.3 Å². The Balaban J connectivity index is 1.39. The van der Waals surface area contributed by atoms with Crippen molar-refractivity contribution in [2.75, 3.05) is 12.4 Å². The zero-order chi connectivity index (χ0) is 22.9. The molecule has 4 rings (SSSR count). The van der Waals surface area contributed by atoms with E-state index in [1.807, 2.05) is 0 Å². The number of amides is 3. The van der Waals surface area contributed by atoms with Crippen LogP contribution < -0.4 is 5.32 Å². The van der Waals surface area contributed by atoms with E-state index in [1.165, 1.54) is 53.1 Å². The second-order valence-corrected chi connectivity index (χ2v) is 9.11. The second kappa shape index (κ2) is 8.91. The van der Waals surface area contributed by atoms with E-state index >= 15 is 0 Å². The number of carbonyl (C=O) groups is 4. The Morgan fingerprint density at radius 1 is 1.16 bits per heavy atom. The highest BCUT2D eigenvalue weighted by atomic mass is 35.5. The van der Waals surface area contributed by atoms with E-state index in [0.717, 1.165) is 5.56 Å². The van der Waals surface area contributed by atoms with Crippen LogP contribution in [0.4, 0.5) is 4.39 Å². The number of rotatable bonds is 5. The Morgan fingerprint density at radius 3 is 2.53 bits per heavy atom. The molecule has 7 nitrogen and oxygen atoms in total. The van der Waals surface area contributed by atoms with Gasteiger partial charge in [-0.25, -0.2) is 9.18 Å². The first-order chi connectivity index (χ1) is 15.3. The van der Waals surface area contributed by atoms with Gasteiger partial charge in [-0.1, -0.05) is 23.7 Å². The molecule has 0 aliphatic carbocycles. The van der Waals surface area contributed by atoms with Gasteiger partial charge >= 0.3 is 5.97 Å². The molecule has 2 heterocycles. The van der Waals surface area contributed by atoms with Crippen LogP contribution in [-0.2, 0) is 24.0 Å². The van der Waals surface area contributed by atoms with Gasteiger partial charge in [0.05, 0.1) is 0 Å². The zero-order valence-electron chi connectivity index (χ0n) is 16.7. The van der Waals surface area contributed by atoms with E-state index in [2.05, 4.69) is 5.32 Å². The Hall–Kier alpha value is -2.91. The van der Waals surface area contributed by atoms with Crippen LogP contribution in [0.3, 0.4) is 0 Å². The summed E-state index contributed by atoms with van der Waals surface area (Å²) in [5.74, 6) is -2.48. The minimum absolute atomic E-state index is 0.205. The third-order valence-electron chi connectivity index (χ3n) is 5.40. The number of nitrogens with one attached hydrogen (secondary N) is 1. The lowest BCUT2D eigenvalue weighted by molar-refractivity contribution is -0.156. The molecule has 0 radical (unpaired) electrons. The molecular formula is C22H18ClFN2O5S. The van der Waals surface area contributed by atoms with Gasteiger partial charge in [-0.05, 0) is 48.4 Å². The van der Waals surface area contributed by atoms with Gasteiger partial charge in [0.15, 0.2) is 6.61 Å². The van der Waals surface area contributed by atoms with Crippen LogP contribution >= 0.6 is 23.4 Å². The third kappa shape index (κ3) is 4.22. The molecule has 0 unspecified atom stereocenters. The maximum absolute atomic E-state index is 13.4. The SMILES string of the molecule is O=C(COC(=O)[C@@H]1CS[C@@]2(c3ccc(F)cc3)CCC(=O)N12)NC(=O)c1ccc(Cl)cc1. The van der Waals surface area contributed by atoms with Gasteiger partial charge in [-0.3, -0.25) is 19.7 Å². The predicted octanol–water partition coefficient (Wildman–Crippen LogP) is 2.87. The lowest BCUT2D eigenvalue weighted by atomic mass is 10.0. The largest absolute Gasteiger partial charge is 0.454 e. The highest BCUT2D eigenvalue weighted by Gasteiger charge is 2.57. The number of hydrogen-bond donors (Lipinski definition) is 1. The minimum Gasteiger partial charge on any atom is -0.454 e. The van der Waals surface area contributed by atoms with Gasteiger partial charge in [0.2, 0.25) is 5.91 Å². The van der Waals surface area contributed by atoms with Gasteiger partial charge in [0.25, 0.3) is 11.8 Å². The van der Waals surface area contributed by atoms with Crippen LogP contribution in [0.2, 0.25) is 5.02 Å². The lowest BCUT2D eigenvalue weighted by Gasteiger charge is -2.33. The Bertz CT molecular complexity index is 1080. The van der Waals surface area contributed by atoms with E-state index in [-0.39, 0.29) is 29.5 Å². The van der Waals surface area contributed by atoms with Crippen molar-refractivity contribution >= 4 is 47.1 Å². The Morgan fingerprint density at radius 2 is 1.84 bits per heavy atom. The summed E-state index contributed by atoms with van der Waals surface area (Å²) >= 11 is 7.19. The maximum atomic E-state index is 13.4. The molecule has 2 fully saturated rings. The number of thioether (sulfide) groups is 1. The van der Waals surface area contributed by atoms with Crippen molar-refractivity contribution in [3.63, 3.8) is 0 Å². The van der Waals surface area contributed by atoms with E-state index in [9.17, 15) is 23.6 Å². The molecule has 2 aliphatic heterocycles. The lowest BCUT2D eigenvalue weighted by Crippen LogP contribution is -2.47. The van der Waals surface area contributed by atoms with Gasteiger partial charge in [0.1, 0.15) is 16.7 Å². The first-order valence-electron chi connectivity index (χ1n) is 9.79. The summed E-state index contributed by atoms with van der Waals surface area (Å²) in [5.41, 5.74) is 0.962. The van der Waals surface area contributed by atoms with Crippen LogP contribution in [0, 0.1) is 5.82 Å². The van der Waals surface area contributed by atoms with Crippen LogP contribution in [0.5, 0.6) is 0 Å². The fourth-order valence-electron chi connectivity index (χ4n) is 3.90. The van der Waals surface area contributed by atoms with Crippen LogP contribution in [-0.4, -0.2) is 47.0 Å². The van der Waals surface area contributed by atoms with Gasteiger partial charge in [-0.15, -0.1) is 11.8 Å². The van der Waals surface area contributed by atoms with E-state index in [0.29, 0.717) is 11.4 Å². The predicted molar refractivity (Wildman–Crippen MR) is 115 cm³/mol. The second-order valence-electron chi connectivity index (χ2n) is 7.37. The summed E-state index contributed by atoms with van der Waals surface area (Å²) in [5, 5.41) is 2.58. The smallest absolute Gasteiger partial charge is 0.330 e. The molecule has 0 bridgehead atoms. The van der Waals surface area contributed by atoms with Crippen molar-refractivity contribution in [1.82, 2.24) is 10.2 Å². The molecule has 166 valence electrons. The molecule has 2 aromatic rings. The Kier molecular flexibility index (Phi) is 6.21. The maximum Gasteiger partial charge on any atom is 0.330 e. The minimum atomic E-state index is -0.875. The zero-order valence-corrected chi connectivity index (χ0v) is 18.2. The molecular weight excluding hydrogens is 459 g/mol. The summed E-state index contributed by atoms with van der Waals surface area (Å²) in [6.45, 7) is -0.662. The molecule has 3 amide bonds. The molecule has 10 heteroatoms. The summed E-state index contributed by atoms with van der Waals surface area (Å²) < 4.78 is 18.5. The summed E-state index contributed by atoms with van der Waals surface area (Å²) in [6.07, 6.45) is 0.742. The third-order valence-corrected chi connectivity index (χ3v) is 7.25. The van der Waals surface area contributed by atoms with Crippen LogP contribution in [0.1, 0.15) is 28.8 Å². The van der Waals surface area contributed by atoms with Crippen molar-refractivity contribution in [3.05, 3.63) is 70.5 Å². The number of fused-ring (bicyclic) bond motifs is 1. The van der Waals surface area contributed by atoms with Crippen LogP contribution in [0.25, 0.3) is 0 Å². The highest BCUT2D eigenvalue weighted by molar-refractivity contribution is 8.00. The number of ether oxygens (including phenoxy) is 1. The number of benzene rings is 2. The van der Waals surface area contributed by atoms with Crippen LogP contribution in [0.15, 0.2) is 48.5 Å². The van der Waals surface area contributed by atoms with Gasteiger partial charge in [-0.2, -0.15) is 0 Å². The molecule has 0 saturated carbocycles. The first-order valence-corrected chi connectivity index (χ1v) is 11.1. The number of hydrogen-bond acceptors (Lipinski definition) is 6.